The fraction of sp³-hybridized carbons (Fsp3) is 0.296. The van der Waals surface area contributed by atoms with Crippen molar-refractivity contribution in [1.82, 2.24) is 14.9 Å². The highest BCUT2D eigenvalue weighted by molar-refractivity contribution is 7.70. The van der Waals surface area contributed by atoms with Gasteiger partial charge in [-0.2, -0.15) is 0 Å². The molecule has 1 aliphatic heterocycles. The van der Waals surface area contributed by atoms with Gasteiger partial charge in [-0.3, -0.25) is 0 Å². The van der Waals surface area contributed by atoms with Crippen LogP contribution in [0.1, 0.15) is 6.42 Å². The zero-order valence-corrected chi connectivity index (χ0v) is 21.4. The van der Waals surface area contributed by atoms with Crippen LogP contribution in [-0.4, -0.2) is 61.5 Å². The van der Waals surface area contributed by atoms with Gasteiger partial charge in [0.25, 0.3) is 0 Å². The Bertz CT molecular complexity index is 1390. The largest absolute Gasteiger partial charge is 0.496 e. The van der Waals surface area contributed by atoms with Crippen molar-refractivity contribution in [3.05, 3.63) is 60.8 Å². The molecule has 4 aromatic rings. The van der Waals surface area contributed by atoms with Crippen LogP contribution in [0.15, 0.2) is 60.8 Å². The predicted octanol–water partition coefficient (Wildman–Crippen LogP) is 5.31. The van der Waals surface area contributed by atoms with E-state index in [0.29, 0.717) is 11.1 Å². The first-order chi connectivity index (χ1) is 16.8. The first-order valence-corrected chi connectivity index (χ1v) is 14.3. The maximum Gasteiger partial charge on any atom is 0.139 e. The molecular weight excluding hydrogens is 459 g/mol. The molecule has 2 N–H and O–H groups in total. The Labute approximate surface area is 205 Å². The van der Waals surface area contributed by atoms with E-state index in [1.54, 1.807) is 26.6 Å². The van der Waals surface area contributed by atoms with Crippen LogP contribution in [0.5, 0.6) is 11.5 Å². The third kappa shape index (κ3) is 4.93. The predicted molar refractivity (Wildman–Crippen MR) is 143 cm³/mol. The van der Waals surface area contributed by atoms with E-state index in [1.165, 1.54) is 0 Å². The Morgan fingerprint density at radius 2 is 1.91 bits per heavy atom. The number of hydrogen-bond acceptors (Lipinski definition) is 6. The molecule has 2 aromatic carbocycles. The molecule has 182 valence electrons. The number of aromatic amines is 1. The Morgan fingerprint density at radius 1 is 1.11 bits per heavy atom. The monoisotopic (exact) mass is 490 g/mol. The first kappa shape index (κ1) is 23.5. The van der Waals surface area contributed by atoms with Crippen molar-refractivity contribution in [3.63, 3.8) is 0 Å². The fourth-order valence-corrected chi connectivity index (χ4v) is 6.08. The molecule has 7 nitrogen and oxygen atoms in total. The van der Waals surface area contributed by atoms with Crippen LogP contribution in [0.2, 0.25) is 0 Å². The van der Waals surface area contributed by atoms with Crippen molar-refractivity contribution in [3.8, 4) is 22.8 Å². The molecule has 35 heavy (non-hydrogen) atoms. The molecule has 1 aliphatic rings. The lowest BCUT2D eigenvalue weighted by Crippen LogP contribution is -2.21. The van der Waals surface area contributed by atoms with E-state index in [9.17, 15) is 4.57 Å². The summed E-state index contributed by atoms with van der Waals surface area (Å²) < 4.78 is 24.7. The number of aromatic nitrogens is 2. The van der Waals surface area contributed by atoms with Crippen LogP contribution < -0.4 is 20.1 Å². The number of methoxy groups -OCH3 is 1. The Hall–Kier alpha value is -3.28. The number of ether oxygens (including phenoxy) is 2. The molecule has 3 heterocycles. The summed E-state index contributed by atoms with van der Waals surface area (Å²) in [6.45, 7) is 5.55. The average Bonchev–Trinajstić information content (AvgIpc) is 3.45. The number of nitrogens with zero attached hydrogens (tertiary/aromatic N) is 2. The van der Waals surface area contributed by atoms with Crippen LogP contribution in [0.4, 0.5) is 11.4 Å². The summed E-state index contributed by atoms with van der Waals surface area (Å²) in [5.41, 5.74) is 4.45. The lowest BCUT2D eigenvalue weighted by atomic mass is 10.1. The van der Waals surface area contributed by atoms with Crippen LogP contribution in [-0.2, 0) is 4.57 Å². The summed E-state index contributed by atoms with van der Waals surface area (Å²) in [7, 11) is 1.13. The number of fused-ring (bicyclic) bond motifs is 1. The third-order valence-electron chi connectivity index (χ3n) is 6.37. The van der Waals surface area contributed by atoms with E-state index in [0.717, 1.165) is 58.9 Å². The minimum Gasteiger partial charge on any atom is -0.496 e. The Morgan fingerprint density at radius 3 is 2.60 bits per heavy atom. The van der Waals surface area contributed by atoms with Gasteiger partial charge in [0.2, 0.25) is 0 Å². The van der Waals surface area contributed by atoms with Crippen molar-refractivity contribution in [2.24, 2.45) is 0 Å². The summed E-state index contributed by atoms with van der Waals surface area (Å²) in [5.74, 6) is 1.51. The average molecular weight is 491 g/mol. The number of hydrogen-bond donors (Lipinski definition) is 2. The second-order valence-corrected chi connectivity index (χ2v) is 12.6. The van der Waals surface area contributed by atoms with Gasteiger partial charge in [-0.25, -0.2) is 4.98 Å². The molecule has 1 fully saturated rings. The number of H-pyrrole nitrogens is 1. The van der Waals surface area contributed by atoms with Crippen LogP contribution in [0, 0.1) is 0 Å². The molecular formula is C27H31N4O3P. The second-order valence-electron chi connectivity index (χ2n) is 9.45. The first-order valence-electron chi connectivity index (χ1n) is 11.7. The smallest absolute Gasteiger partial charge is 0.139 e. The lowest BCUT2D eigenvalue weighted by Gasteiger charge is -2.18. The molecule has 0 bridgehead atoms. The van der Waals surface area contributed by atoms with E-state index in [4.69, 9.17) is 9.47 Å². The molecule has 0 amide bonds. The molecule has 2 aromatic heterocycles. The fourth-order valence-electron chi connectivity index (χ4n) is 4.68. The van der Waals surface area contributed by atoms with E-state index in [1.807, 2.05) is 36.4 Å². The zero-order chi connectivity index (χ0) is 24.6. The summed E-state index contributed by atoms with van der Waals surface area (Å²) >= 11 is 0. The lowest BCUT2D eigenvalue weighted by molar-refractivity contribution is 0.208. The molecule has 0 saturated carbocycles. The number of anilines is 2. The molecule has 0 aliphatic carbocycles. The topological polar surface area (TPSA) is 79.5 Å². The van der Waals surface area contributed by atoms with Gasteiger partial charge < -0.3 is 29.2 Å². The number of rotatable bonds is 7. The standard InChI is InChI=1S/C27H31N4O3P/c1-31-15-13-20(17-31)34-19-10-8-18(9-11-19)24-16-21-22(12-14-28-27(21)30-24)29-23-6-5-7-25(33-2)26(23)35(3,4)32/h5-12,14,16,20H,13,15,17H2,1-4H3,(H2,28,29,30)/t20-/m1/s1. The summed E-state index contributed by atoms with van der Waals surface area (Å²) in [4.78, 5) is 10.2. The van der Waals surface area contributed by atoms with E-state index in [-0.39, 0.29) is 6.10 Å². The van der Waals surface area contributed by atoms with Gasteiger partial charge in [-0.15, -0.1) is 0 Å². The van der Waals surface area contributed by atoms with Crippen molar-refractivity contribution in [1.29, 1.82) is 0 Å². The van der Waals surface area contributed by atoms with Crippen LogP contribution in [0.25, 0.3) is 22.3 Å². The number of nitrogens with one attached hydrogen (secondary N) is 2. The van der Waals surface area contributed by atoms with Crippen molar-refractivity contribution in [2.45, 2.75) is 12.5 Å². The zero-order valence-electron chi connectivity index (χ0n) is 20.5. The Balaban J connectivity index is 1.43. The van der Waals surface area contributed by atoms with Crippen molar-refractivity contribution < 1.29 is 14.0 Å². The van der Waals surface area contributed by atoms with E-state index >= 15 is 0 Å². The van der Waals surface area contributed by atoms with Gasteiger partial charge >= 0.3 is 0 Å². The summed E-state index contributed by atoms with van der Waals surface area (Å²) in [6, 6.07) is 17.9. The maximum atomic E-state index is 13.1. The minimum atomic E-state index is -2.59. The molecule has 8 heteroatoms. The summed E-state index contributed by atoms with van der Waals surface area (Å²) in [6.07, 6.45) is 3.07. The number of likely N-dealkylation sites (tertiary alicyclic amines) is 1. The van der Waals surface area contributed by atoms with Gasteiger partial charge in [0.1, 0.15) is 30.4 Å². The Kier molecular flexibility index (Phi) is 6.30. The van der Waals surface area contributed by atoms with Gasteiger partial charge in [0.05, 0.1) is 23.8 Å². The van der Waals surface area contributed by atoms with E-state index < -0.39 is 7.14 Å². The SMILES string of the molecule is COc1cccc(Nc2ccnc3[nH]c(-c4ccc(O[C@@H]5CCN(C)C5)cc4)cc23)c1P(C)(C)=O. The number of likely N-dealkylation sites (N-methyl/N-ethyl adjacent to an activating group) is 1. The van der Waals surface area contributed by atoms with Gasteiger partial charge in [-0.1, -0.05) is 6.07 Å². The molecule has 0 unspecified atom stereocenters. The van der Waals surface area contributed by atoms with Crippen molar-refractivity contribution in [2.75, 3.05) is 45.9 Å². The number of benzene rings is 2. The molecule has 0 spiro atoms. The van der Waals surface area contributed by atoms with Gasteiger partial charge in [0.15, 0.2) is 0 Å². The van der Waals surface area contributed by atoms with Crippen LogP contribution >= 0.6 is 7.14 Å². The summed E-state index contributed by atoms with van der Waals surface area (Å²) in [5, 5.41) is 5.13. The maximum absolute atomic E-state index is 13.1. The van der Waals surface area contributed by atoms with E-state index in [2.05, 4.69) is 45.4 Å². The van der Waals surface area contributed by atoms with Gasteiger partial charge in [0, 0.05) is 30.4 Å². The molecule has 1 saturated heterocycles. The highest BCUT2D eigenvalue weighted by Gasteiger charge is 2.23. The third-order valence-corrected chi connectivity index (χ3v) is 7.91. The molecule has 5 rings (SSSR count). The molecule has 0 radical (unpaired) electrons. The van der Waals surface area contributed by atoms with Crippen LogP contribution in [0.3, 0.4) is 0 Å². The highest BCUT2D eigenvalue weighted by Crippen LogP contribution is 2.43. The normalized spacial score (nSPS) is 16.5. The van der Waals surface area contributed by atoms with Gasteiger partial charge in [-0.05, 0) is 80.9 Å². The second kappa shape index (κ2) is 9.40. The van der Waals surface area contributed by atoms with Crippen molar-refractivity contribution >= 4 is 34.9 Å². The minimum absolute atomic E-state index is 0.250. The quantitative estimate of drug-likeness (QED) is 0.342. The highest BCUT2D eigenvalue weighted by atomic mass is 31.2. The molecule has 1 atom stereocenters. The number of pyridine rings is 1.